The molecule has 1 atom stereocenters. The van der Waals surface area contributed by atoms with Gasteiger partial charge in [-0.2, -0.15) is 5.10 Å². The van der Waals surface area contributed by atoms with Gasteiger partial charge in [-0.15, -0.1) is 0 Å². The lowest BCUT2D eigenvalue weighted by Gasteiger charge is -2.19. The fraction of sp³-hybridized carbons (Fsp3) is 0.273. The molecule has 1 heterocycles. The second-order valence-electron chi connectivity index (χ2n) is 3.87. The fourth-order valence-electron chi connectivity index (χ4n) is 1.71. The third kappa shape index (κ3) is 2.02. The number of carbonyl (C=O) groups is 1. The van der Waals surface area contributed by atoms with Crippen LogP contribution in [-0.4, -0.2) is 11.6 Å². The van der Waals surface area contributed by atoms with Crippen LogP contribution in [-0.2, 0) is 4.79 Å². The first-order valence-corrected chi connectivity index (χ1v) is 5.37. The Labute approximate surface area is 98.5 Å². The second kappa shape index (κ2) is 4.14. The highest BCUT2D eigenvalue weighted by Gasteiger charge is 2.21. The number of benzene rings is 1. The van der Waals surface area contributed by atoms with Crippen molar-refractivity contribution >= 4 is 28.9 Å². The third-order valence-electron chi connectivity index (χ3n) is 2.55. The Morgan fingerprint density at radius 2 is 2.31 bits per heavy atom. The van der Waals surface area contributed by atoms with Crippen LogP contribution in [0, 0.1) is 5.92 Å². The molecule has 0 spiro atoms. The summed E-state index contributed by atoms with van der Waals surface area (Å²) >= 11 is 5.84. The standard InChI is InChI=1S/C11H12ClN3O/c1-6-4-10(16)14-15-11(6)7-2-3-8(12)9(13)5-7/h2-3,5-6H,4,13H2,1H3,(H,14,16)/t6-/m0/s1. The number of nitrogens with two attached hydrogens (primary N) is 1. The maximum atomic E-state index is 11.1. The summed E-state index contributed by atoms with van der Waals surface area (Å²) < 4.78 is 0. The quantitative estimate of drug-likeness (QED) is 0.731. The molecule has 0 fully saturated rings. The molecule has 84 valence electrons. The van der Waals surface area contributed by atoms with Gasteiger partial charge in [-0.1, -0.05) is 24.6 Å². The number of amides is 1. The molecule has 1 aromatic rings. The van der Waals surface area contributed by atoms with Gasteiger partial charge < -0.3 is 5.73 Å². The van der Waals surface area contributed by atoms with Gasteiger partial charge in [-0.05, 0) is 12.1 Å². The zero-order valence-electron chi connectivity index (χ0n) is 8.83. The molecule has 0 radical (unpaired) electrons. The number of nitrogens with zero attached hydrogens (tertiary/aromatic N) is 1. The zero-order valence-corrected chi connectivity index (χ0v) is 9.58. The number of nitrogens with one attached hydrogen (secondary N) is 1. The summed E-state index contributed by atoms with van der Waals surface area (Å²) in [5.74, 6) is 0.0347. The van der Waals surface area contributed by atoms with E-state index < -0.39 is 0 Å². The SMILES string of the molecule is C[C@H]1CC(=O)NN=C1c1ccc(Cl)c(N)c1. The van der Waals surface area contributed by atoms with Crippen molar-refractivity contribution in [1.82, 2.24) is 5.43 Å². The molecule has 0 aliphatic carbocycles. The molecular formula is C11H12ClN3O. The molecule has 0 bridgehead atoms. The smallest absolute Gasteiger partial charge is 0.240 e. The van der Waals surface area contributed by atoms with Gasteiger partial charge in [0.1, 0.15) is 0 Å². The maximum Gasteiger partial charge on any atom is 0.240 e. The molecule has 2 rings (SSSR count). The van der Waals surface area contributed by atoms with E-state index in [4.69, 9.17) is 17.3 Å². The molecule has 1 aliphatic rings. The van der Waals surface area contributed by atoms with Gasteiger partial charge in [-0.3, -0.25) is 4.79 Å². The van der Waals surface area contributed by atoms with E-state index in [1.807, 2.05) is 13.0 Å². The van der Waals surface area contributed by atoms with Crippen molar-refractivity contribution in [2.45, 2.75) is 13.3 Å². The van der Waals surface area contributed by atoms with Crippen molar-refractivity contribution < 1.29 is 4.79 Å². The number of rotatable bonds is 1. The summed E-state index contributed by atoms with van der Waals surface area (Å²) in [5, 5.41) is 4.58. The van der Waals surface area contributed by atoms with Crippen LogP contribution in [0.3, 0.4) is 0 Å². The average Bonchev–Trinajstić information content (AvgIpc) is 2.22. The summed E-state index contributed by atoms with van der Waals surface area (Å²) in [6, 6.07) is 5.36. The van der Waals surface area contributed by atoms with E-state index in [1.54, 1.807) is 12.1 Å². The van der Waals surface area contributed by atoms with Gasteiger partial charge in [0.15, 0.2) is 0 Å². The third-order valence-corrected chi connectivity index (χ3v) is 2.90. The van der Waals surface area contributed by atoms with E-state index in [0.717, 1.165) is 11.3 Å². The first kappa shape index (κ1) is 11.0. The van der Waals surface area contributed by atoms with Crippen LogP contribution >= 0.6 is 11.6 Å². The molecule has 16 heavy (non-hydrogen) atoms. The van der Waals surface area contributed by atoms with Crippen LogP contribution in [0.25, 0.3) is 0 Å². The number of hydrogen-bond acceptors (Lipinski definition) is 3. The molecule has 1 amide bonds. The Kier molecular flexibility index (Phi) is 2.83. The molecule has 3 N–H and O–H groups in total. The molecule has 1 aromatic carbocycles. The number of anilines is 1. The topological polar surface area (TPSA) is 67.5 Å². The minimum absolute atomic E-state index is 0.0572. The van der Waals surface area contributed by atoms with Crippen molar-refractivity contribution in [3.05, 3.63) is 28.8 Å². The van der Waals surface area contributed by atoms with Crippen LogP contribution in [0.2, 0.25) is 5.02 Å². The second-order valence-corrected chi connectivity index (χ2v) is 4.28. The molecule has 0 saturated carbocycles. The summed E-state index contributed by atoms with van der Waals surface area (Å²) in [5.41, 5.74) is 10.4. The summed E-state index contributed by atoms with van der Waals surface area (Å²) in [7, 11) is 0. The maximum absolute atomic E-state index is 11.1. The molecule has 0 unspecified atom stereocenters. The van der Waals surface area contributed by atoms with Crippen LogP contribution in [0.15, 0.2) is 23.3 Å². The van der Waals surface area contributed by atoms with Gasteiger partial charge in [0.25, 0.3) is 0 Å². The van der Waals surface area contributed by atoms with Crippen molar-refractivity contribution in [3.8, 4) is 0 Å². The van der Waals surface area contributed by atoms with Gasteiger partial charge in [0.2, 0.25) is 5.91 Å². The van der Waals surface area contributed by atoms with Gasteiger partial charge in [0.05, 0.1) is 16.4 Å². The fourth-order valence-corrected chi connectivity index (χ4v) is 1.82. The number of halogens is 1. The lowest BCUT2D eigenvalue weighted by atomic mass is 9.94. The molecule has 5 heteroatoms. The van der Waals surface area contributed by atoms with Crippen molar-refractivity contribution in [3.63, 3.8) is 0 Å². The van der Waals surface area contributed by atoms with Gasteiger partial charge in [0, 0.05) is 17.9 Å². The highest BCUT2D eigenvalue weighted by Crippen LogP contribution is 2.23. The minimum atomic E-state index is -0.0572. The Hall–Kier alpha value is -1.55. The highest BCUT2D eigenvalue weighted by atomic mass is 35.5. The van der Waals surface area contributed by atoms with Crippen LogP contribution in [0.1, 0.15) is 18.9 Å². The minimum Gasteiger partial charge on any atom is -0.398 e. The van der Waals surface area contributed by atoms with Crippen LogP contribution in [0.4, 0.5) is 5.69 Å². The largest absolute Gasteiger partial charge is 0.398 e. The normalized spacial score (nSPS) is 20.2. The Balaban J connectivity index is 2.37. The van der Waals surface area contributed by atoms with Gasteiger partial charge >= 0.3 is 0 Å². The van der Waals surface area contributed by atoms with E-state index in [9.17, 15) is 4.79 Å². The summed E-state index contributed by atoms with van der Waals surface area (Å²) in [4.78, 5) is 11.1. The number of carbonyl (C=O) groups excluding carboxylic acids is 1. The van der Waals surface area contributed by atoms with E-state index in [-0.39, 0.29) is 11.8 Å². The number of nitrogen functional groups attached to an aromatic ring is 1. The first-order valence-electron chi connectivity index (χ1n) is 4.99. The molecule has 4 nitrogen and oxygen atoms in total. The lowest BCUT2D eigenvalue weighted by Crippen LogP contribution is -2.31. The lowest BCUT2D eigenvalue weighted by molar-refractivity contribution is -0.121. The molecule has 1 aliphatic heterocycles. The van der Waals surface area contributed by atoms with E-state index in [2.05, 4.69) is 10.5 Å². The molecular weight excluding hydrogens is 226 g/mol. The number of hydrogen-bond donors (Lipinski definition) is 2. The van der Waals surface area contributed by atoms with Crippen molar-refractivity contribution in [2.75, 3.05) is 5.73 Å². The highest BCUT2D eigenvalue weighted by molar-refractivity contribution is 6.33. The Morgan fingerprint density at radius 3 is 2.94 bits per heavy atom. The number of hydrazone groups is 1. The van der Waals surface area contributed by atoms with Crippen molar-refractivity contribution in [1.29, 1.82) is 0 Å². The zero-order chi connectivity index (χ0) is 11.7. The van der Waals surface area contributed by atoms with Crippen LogP contribution in [0.5, 0.6) is 0 Å². The first-order chi connectivity index (χ1) is 7.58. The van der Waals surface area contributed by atoms with Crippen molar-refractivity contribution in [2.24, 2.45) is 11.0 Å². The summed E-state index contributed by atoms with van der Waals surface area (Å²) in [6.07, 6.45) is 0.446. The predicted octanol–water partition coefficient (Wildman–Crippen LogP) is 1.78. The monoisotopic (exact) mass is 237 g/mol. The molecule has 0 saturated heterocycles. The predicted molar refractivity (Wildman–Crippen MR) is 64.3 cm³/mol. The summed E-state index contributed by atoms with van der Waals surface area (Å²) in [6.45, 7) is 1.96. The van der Waals surface area contributed by atoms with E-state index >= 15 is 0 Å². The Morgan fingerprint density at radius 1 is 1.56 bits per heavy atom. The average molecular weight is 238 g/mol. The Bertz CT molecular complexity index is 470. The van der Waals surface area contributed by atoms with Gasteiger partial charge in [-0.25, -0.2) is 5.43 Å². The van der Waals surface area contributed by atoms with E-state index in [0.29, 0.717) is 17.1 Å². The molecule has 0 aromatic heterocycles. The van der Waals surface area contributed by atoms with Crippen LogP contribution < -0.4 is 11.2 Å². The van der Waals surface area contributed by atoms with E-state index in [1.165, 1.54) is 0 Å².